The van der Waals surface area contributed by atoms with Crippen molar-refractivity contribution in [2.24, 2.45) is 5.92 Å². The molecule has 1 atom stereocenters. The Morgan fingerprint density at radius 1 is 1.21 bits per heavy atom. The molecule has 0 fully saturated rings. The molecule has 1 aromatic carbocycles. The Morgan fingerprint density at radius 2 is 1.79 bits per heavy atom. The van der Waals surface area contributed by atoms with Crippen LogP contribution in [0.4, 0.5) is 5.69 Å². The molecule has 0 aliphatic heterocycles. The molecule has 1 amide bonds. The minimum atomic E-state index is -0.817. The van der Waals surface area contributed by atoms with Crippen LogP contribution in [0.1, 0.15) is 58.6 Å². The molecule has 1 N–H and O–H groups in total. The highest BCUT2D eigenvalue weighted by molar-refractivity contribution is 5.97. The Hall–Kier alpha value is -1.55. The average molecular weight is 335 g/mol. The maximum Gasteiger partial charge on any atom is 0.256 e. The van der Waals surface area contributed by atoms with Crippen molar-refractivity contribution < 1.29 is 14.3 Å². The summed E-state index contributed by atoms with van der Waals surface area (Å²) < 4.78 is 11.6. The molecule has 136 valence electrons. The van der Waals surface area contributed by atoms with Gasteiger partial charge in [-0.3, -0.25) is 4.79 Å². The van der Waals surface area contributed by atoms with Gasteiger partial charge in [-0.15, -0.1) is 0 Å². The second kappa shape index (κ2) is 9.07. The molecule has 0 spiro atoms. The van der Waals surface area contributed by atoms with Crippen molar-refractivity contribution in [3.8, 4) is 5.75 Å². The summed E-state index contributed by atoms with van der Waals surface area (Å²) in [6, 6.07) is 3.91. The molecule has 0 saturated heterocycles. The molecule has 0 radical (unpaired) electrons. The summed E-state index contributed by atoms with van der Waals surface area (Å²) in [6.07, 6.45) is 1.65. The summed E-state index contributed by atoms with van der Waals surface area (Å²) in [5.74, 6) is 1.18. The smallest absolute Gasteiger partial charge is 0.256 e. The summed E-state index contributed by atoms with van der Waals surface area (Å²) >= 11 is 0. The zero-order valence-electron chi connectivity index (χ0n) is 16.3. The van der Waals surface area contributed by atoms with Crippen LogP contribution in [0.2, 0.25) is 0 Å². The van der Waals surface area contributed by atoms with Crippen LogP contribution < -0.4 is 10.1 Å². The number of ether oxygens (including phenoxy) is 2. The SMILES string of the molecule is CCCOc1c(C)cc(NC(=O)[C@@](C)(CC(C)C)OCC)cc1C. The standard InChI is InChI=1S/C20H33NO3/c1-8-10-23-18-15(5)11-17(12-16(18)6)21-19(22)20(7,24-9-2)13-14(3)4/h11-12,14H,8-10,13H2,1-7H3,(H,21,22)/t20-/m1/s1. The summed E-state index contributed by atoms with van der Waals surface area (Å²) in [7, 11) is 0. The van der Waals surface area contributed by atoms with Crippen LogP contribution >= 0.6 is 0 Å². The maximum absolute atomic E-state index is 12.8. The van der Waals surface area contributed by atoms with Crippen LogP contribution in [0.15, 0.2) is 12.1 Å². The Bertz CT molecular complexity index is 531. The van der Waals surface area contributed by atoms with Gasteiger partial charge in [0.05, 0.1) is 6.61 Å². The van der Waals surface area contributed by atoms with Gasteiger partial charge in [0.1, 0.15) is 11.4 Å². The van der Waals surface area contributed by atoms with E-state index >= 15 is 0 Å². The number of amides is 1. The van der Waals surface area contributed by atoms with E-state index in [2.05, 4.69) is 26.1 Å². The van der Waals surface area contributed by atoms with Gasteiger partial charge in [0, 0.05) is 12.3 Å². The lowest BCUT2D eigenvalue weighted by molar-refractivity contribution is -0.140. The highest BCUT2D eigenvalue weighted by Gasteiger charge is 2.34. The Balaban J connectivity index is 2.96. The van der Waals surface area contributed by atoms with Crippen LogP contribution in [0.3, 0.4) is 0 Å². The number of carbonyl (C=O) groups excluding carboxylic acids is 1. The third-order valence-corrected chi connectivity index (χ3v) is 3.91. The molecule has 0 aliphatic rings. The third-order valence-electron chi connectivity index (χ3n) is 3.91. The molecule has 24 heavy (non-hydrogen) atoms. The van der Waals surface area contributed by atoms with Gasteiger partial charge >= 0.3 is 0 Å². The normalized spacial score (nSPS) is 13.7. The van der Waals surface area contributed by atoms with E-state index in [1.165, 1.54) is 0 Å². The molecule has 0 saturated carbocycles. The second-order valence-electron chi connectivity index (χ2n) is 7.00. The first-order chi connectivity index (χ1) is 11.2. The second-order valence-corrected chi connectivity index (χ2v) is 7.00. The lowest BCUT2D eigenvalue weighted by Gasteiger charge is -2.30. The van der Waals surface area contributed by atoms with Crippen LogP contribution in [-0.4, -0.2) is 24.7 Å². The quantitative estimate of drug-likeness (QED) is 0.700. The predicted octanol–water partition coefficient (Wildman–Crippen LogP) is 4.87. The predicted molar refractivity (Wildman–Crippen MR) is 99.8 cm³/mol. The number of carbonyl (C=O) groups is 1. The number of rotatable bonds is 9. The first-order valence-corrected chi connectivity index (χ1v) is 8.93. The average Bonchev–Trinajstić information content (AvgIpc) is 2.45. The van der Waals surface area contributed by atoms with Crippen LogP contribution in [0.5, 0.6) is 5.75 Å². The number of nitrogens with one attached hydrogen (secondary N) is 1. The number of aryl methyl sites for hydroxylation is 2. The highest BCUT2D eigenvalue weighted by Crippen LogP contribution is 2.29. The van der Waals surface area contributed by atoms with E-state index in [9.17, 15) is 4.79 Å². The molecular formula is C20H33NO3. The Kier molecular flexibility index (Phi) is 7.74. The lowest BCUT2D eigenvalue weighted by atomic mass is 9.93. The van der Waals surface area contributed by atoms with Crippen LogP contribution in [0.25, 0.3) is 0 Å². The van der Waals surface area contributed by atoms with Crippen molar-refractivity contribution in [2.75, 3.05) is 18.5 Å². The van der Waals surface area contributed by atoms with Gasteiger partial charge in [-0.05, 0) is 69.7 Å². The van der Waals surface area contributed by atoms with Gasteiger partial charge < -0.3 is 14.8 Å². The molecule has 0 bridgehead atoms. The van der Waals surface area contributed by atoms with Crippen molar-refractivity contribution >= 4 is 11.6 Å². The minimum Gasteiger partial charge on any atom is -0.493 e. The van der Waals surface area contributed by atoms with Crippen molar-refractivity contribution in [2.45, 2.75) is 66.9 Å². The zero-order valence-corrected chi connectivity index (χ0v) is 16.3. The number of hydrogen-bond donors (Lipinski definition) is 1. The topological polar surface area (TPSA) is 47.6 Å². The monoisotopic (exact) mass is 335 g/mol. The molecular weight excluding hydrogens is 302 g/mol. The number of hydrogen-bond acceptors (Lipinski definition) is 3. The van der Waals surface area contributed by atoms with E-state index in [1.54, 1.807) is 0 Å². The lowest BCUT2D eigenvalue weighted by Crippen LogP contribution is -2.44. The highest BCUT2D eigenvalue weighted by atomic mass is 16.5. The van der Waals surface area contributed by atoms with Gasteiger partial charge in [-0.2, -0.15) is 0 Å². The summed E-state index contributed by atoms with van der Waals surface area (Å²) in [5, 5.41) is 3.02. The Labute approximate surface area is 146 Å². The van der Waals surface area contributed by atoms with Gasteiger partial charge in [0.15, 0.2) is 0 Å². The number of anilines is 1. The van der Waals surface area contributed by atoms with E-state index in [0.29, 0.717) is 25.6 Å². The fourth-order valence-electron chi connectivity index (χ4n) is 3.03. The van der Waals surface area contributed by atoms with Crippen LogP contribution in [-0.2, 0) is 9.53 Å². The molecule has 4 nitrogen and oxygen atoms in total. The first-order valence-electron chi connectivity index (χ1n) is 8.93. The molecule has 0 unspecified atom stereocenters. The van der Waals surface area contributed by atoms with Crippen molar-refractivity contribution in [3.05, 3.63) is 23.3 Å². The molecule has 1 rings (SSSR count). The van der Waals surface area contributed by atoms with Crippen LogP contribution in [0, 0.1) is 19.8 Å². The van der Waals surface area contributed by atoms with E-state index in [-0.39, 0.29) is 5.91 Å². The molecule has 0 aliphatic carbocycles. The summed E-state index contributed by atoms with van der Waals surface area (Å²) in [4.78, 5) is 12.8. The maximum atomic E-state index is 12.8. The van der Waals surface area contributed by atoms with Gasteiger partial charge in [-0.25, -0.2) is 0 Å². The van der Waals surface area contributed by atoms with Crippen molar-refractivity contribution in [1.82, 2.24) is 0 Å². The van der Waals surface area contributed by atoms with Crippen molar-refractivity contribution in [3.63, 3.8) is 0 Å². The van der Waals surface area contributed by atoms with Gasteiger partial charge in [0.2, 0.25) is 0 Å². The third kappa shape index (κ3) is 5.52. The van der Waals surface area contributed by atoms with Gasteiger partial charge in [0.25, 0.3) is 5.91 Å². The summed E-state index contributed by atoms with van der Waals surface area (Å²) in [5.41, 5.74) is 2.03. The van der Waals surface area contributed by atoms with Gasteiger partial charge in [-0.1, -0.05) is 20.8 Å². The first kappa shape index (κ1) is 20.5. The summed E-state index contributed by atoms with van der Waals surface area (Å²) in [6.45, 7) is 15.3. The van der Waals surface area contributed by atoms with Crippen molar-refractivity contribution in [1.29, 1.82) is 0 Å². The van der Waals surface area contributed by atoms with E-state index < -0.39 is 5.60 Å². The fourth-order valence-corrected chi connectivity index (χ4v) is 3.03. The molecule has 0 heterocycles. The molecule has 0 aromatic heterocycles. The Morgan fingerprint density at radius 3 is 2.25 bits per heavy atom. The fraction of sp³-hybridized carbons (Fsp3) is 0.650. The number of benzene rings is 1. The zero-order chi connectivity index (χ0) is 18.3. The molecule has 4 heteroatoms. The minimum absolute atomic E-state index is 0.0981. The largest absolute Gasteiger partial charge is 0.493 e. The van der Waals surface area contributed by atoms with E-state index in [0.717, 1.165) is 29.0 Å². The van der Waals surface area contributed by atoms with E-state index in [4.69, 9.17) is 9.47 Å². The van der Waals surface area contributed by atoms with E-state index in [1.807, 2.05) is 39.8 Å². The molecule has 1 aromatic rings.